The number of anilines is 2. The van der Waals surface area contributed by atoms with Crippen LogP contribution in [0.25, 0.3) is 16.9 Å². The van der Waals surface area contributed by atoms with Crippen LogP contribution in [-0.2, 0) is 6.54 Å². The Hall–Kier alpha value is -3.85. The summed E-state index contributed by atoms with van der Waals surface area (Å²) in [5, 5.41) is 15.6. The van der Waals surface area contributed by atoms with Crippen LogP contribution in [0.15, 0.2) is 54.9 Å². The van der Waals surface area contributed by atoms with Gasteiger partial charge in [0.2, 0.25) is 12.7 Å². The summed E-state index contributed by atoms with van der Waals surface area (Å²) >= 11 is 0. The highest BCUT2D eigenvalue weighted by molar-refractivity contribution is 5.85. The molecule has 4 aromatic rings. The maximum atomic E-state index is 9.21. The lowest BCUT2D eigenvalue weighted by Crippen LogP contribution is -2.11. The van der Waals surface area contributed by atoms with Crippen LogP contribution in [0, 0.1) is 0 Å². The summed E-state index contributed by atoms with van der Waals surface area (Å²) < 4.78 is 12.7. The summed E-state index contributed by atoms with van der Waals surface area (Å²) in [6.45, 7) is 1.12. The van der Waals surface area contributed by atoms with Crippen molar-refractivity contribution >= 4 is 22.9 Å². The van der Waals surface area contributed by atoms with Gasteiger partial charge in [-0.1, -0.05) is 24.3 Å². The van der Waals surface area contributed by atoms with Gasteiger partial charge in [0.1, 0.15) is 6.33 Å². The predicted octanol–water partition coefficient (Wildman–Crippen LogP) is 2.56. The Morgan fingerprint density at radius 1 is 1.00 bits per heavy atom. The van der Waals surface area contributed by atoms with Crippen molar-refractivity contribution in [3.05, 3.63) is 60.4 Å². The van der Waals surface area contributed by atoms with Gasteiger partial charge in [0.25, 0.3) is 0 Å². The Bertz CT molecular complexity index is 1180. The van der Waals surface area contributed by atoms with E-state index in [0.29, 0.717) is 36.0 Å². The summed E-state index contributed by atoms with van der Waals surface area (Å²) in [6.07, 6.45) is 1.72. The fourth-order valence-corrected chi connectivity index (χ4v) is 3.29. The Kier molecular flexibility index (Phi) is 4.78. The van der Waals surface area contributed by atoms with Crippen molar-refractivity contribution in [1.82, 2.24) is 19.5 Å². The number of fused-ring (bicyclic) bond motifs is 2. The first kappa shape index (κ1) is 18.2. The Morgan fingerprint density at radius 2 is 1.87 bits per heavy atom. The van der Waals surface area contributed by atoms with Gasteiger partial charge in [-0.2, -0.15) is 9.97 Å². The third-order valence-electron chi connectivity index (χ3n) is 4.72. The molecule has 0 fully saturated rings. The van der Waals surface area contributed by atoms with Crippen molar-refractivity contribution in [3.8, 4) is 17.2 Å². The highest BCUT2D eigenvalue weighted by atomic mass is 16.7. The highest BCUT2D eigenvalue weighted by Gasteiger charge is 2.16. The van der Waals surface area contributed by atoms with Crippen molar-refractivity contribution in [3.63, 3.8) is 0 Å². The summed E-state index contributed by atoms with van der Waals surface area (Å²) in [4.78, 5) is 13.7. The number of para-hydroxylation sites is 1. The fraction of sp³-hybridized carbons (Fsp3) is 0.190. The molecule has 0 aliphatic carbocycles. The Labute approximate surface area is 172 Å². The van der Waals surface area contributed by atoms with Gasteiger partial charge in [-0.05, 0) is 29.8 Å². The van der Waals surface area contributed by atoms with E-state index in [4.69, 9.17) is 9.47 Å². The Balaban J connectivity index is 1.47. The molecule has 0 spiro atoms. The van der Waals surface area contributed by atoms with Crippen LogP contribution in [0.4, 0.5) is 11.8 Å². The second-order valence-electron chi connectivity index (χ2n) is 6.71. The van der Waals surface area contributed by atoms with Crippen molar-refractivity contribution in [1.29, 1.82) is 0 Å². The molecule has 0 unspecified atom stereocenters. The third-order valence-corrected chi connectivity index (χ3v) is 4.72. The molecular formula is C21H20N6O3. The third kappa shape index (κ3) is 3.46. The molecule has 2 aromatic carbocycles. The van der Waals surface area contributed by atoms with Gasteiger partial charge in [-0.3, -0.25) is 4.57 Å². The minimum atomic E-state index is -0.00908. The van der Waals surface area contributed by atoms with Gasteiger partial charge in [0.15, 0.2) is 28.5 Å². The second-order valence-corrected chi connectivity index (χ2v) is 6.71. The van der Waals surface area contributed by atoms with E-state index in [1.54, 1.807) is 6.33 Å². The molecule has 0 atom stereocenters. The average Bonchev–Trinajstić information content (AvgIpc) is 3.43. The van der Waals surface area contributed by atoms with Gasteiger partial charge in [0.05, 0.1) is 6.61 Å². The molecule has 3 N–H and O–H groups in total. The van der Waals surface area contributed by atoms with E-state index >= 15 is 0 Å². The van der Waals surface area contributed by atoms with E-state index in [9.17, 15) is 5.11 Å². The average molecular weight is 404 g/mol. The highest BCUT2D eigenvalue weighted by Crippen LogP contribution is 2.32. The first-order valence-corrected chi connectivity index (χ1v) is 9.59. The molecule has 0 saturated carbocycles. The van der Waals surface area contributed by atoms with E-state index in [2.05, 4.69) is 25.6 Å². The van der Waals surface area contributed by atoms with Crippen LogP contribution in [0.1, 0.15) is 5.56 Å². The van der Waals surface area contributed by atoms with Crippen molar-refractivity contribution in [2.24, 2.45) is 0 Å². The number of aromatic nitrogens is 4. The molecule has 1 aliphatic heterocycles. The summed E-state index contributed by atoms with van der Waals surface area (Å²) in [5.74, 6) is 2.51. The molecule has 5 rings (SSSR count). The van der Waals surface area contributed by atoms with E-state index in [1.807, 2.05) is 53.1 Å². The number of ether oxygens (including phenoxy) is 2. The zero-order chi connectivity index (χ0) is 20.3. The van der Waals surface area contributed by atoms with Crippen LogP contribution in [0.3, 0.4) is 0 Å². The minimum absolute atomic E-state index is 0.00908. The topological polar surface area (TPSA) is 106 Å². The van der Waals surface area contributed by atoms with Crippen molar-refractivity contribution in [2.45, 2.75) is 6.54 Å². The molecule has 3 heterocycles. The molecule has 2 aromatic heterocycles. The van der Waals surface area contributed by atoms with E-state index in [-0.39, 0.29) is 13.4 Å². The van der Waals surface area contributed by atoms with Gasteiger partial charge >= 0.3 is 0 Å². The largest absolute Gasteiger partial charge is 0.454 e. The number of imidazole rings is 1. The number of nitrogens with one attached hydrogen (secondary N) is 2. The van der Waals surface area contributed by atoms with E-state index in [1.165, 1.54) is 0 Å². The standard InChI is InChI=1S/C21H20N6O3/c28-9-8-22-19-18-20(27(12-24-18)15-4-2-1-3-5-15)26-21(25-19)23-11-14-6-7-16-17(10-14)30-13-29-16/h1-7,10,12,28H,8-9,11,13H2,(H2,22,23,25,26). The first-order valence-electron chi connectivity index (χ1n) is 9.59. The molecular weight excluding hydrogens is 384 g/mol. The molecule has 0 radical (unpaired) electrons. The zero-order valence-corrected chi connectivity index (χ0v) is 16.1. The molecule has 152 valence electrons. The lowest BCUT2D eigenvalue weighted by molar-refractivity contribution is 0.174. The number of nitrogens with zero attached hydrogens (tertiary/aromatic N) is 4. The molecule has 0 bridgehead atoms. The molecule has 1 aliphatic rings. The predicted molar refractivity (Wildman–Crippen MR) is 112 cm³/mol. The number of hydrogen-bond acceptors (Lipinski definition) is 8. The number of aliphatic hydroxyl groups excluding tert-OH is 1. The minimum Gasteiger partial charge on any atom is -0.454 e. The van der Waals surface area contributed by atoms with E-state index < -0.39 is 0 Å². The van der Waals surface area contributed by atoms with Crippen LogP contribution >= 0.6 is 0 Å². The number of rotatable bonds is 7. The maximum Gasteiger partial charge on any atom is 0.231 e. The first-order chi connectivity index (χ1) is 14.8. The van der Waals surface area contributed by atoms with Crippen molar-refractivity contribution < 1.29 is 14.6 Å². The van der Waals surface area contributed by atoms with Crippen LogP contribution in [0.2, 0.25) is 0 Å². The lowest BCUT2D eigenvalue weighted by Gasteiger charge is -2.10. The monoisotopic (exact) mass is 404 g/mol. The molecule has 30 heavy (non-hydrogen) atoms. The second kappa shape index (κ2) is 7.88. The Morgan fingerprint density at radius 3 is 2.73 bits per heavy atom. The van der Waals surface area contributed by atoms with E-state index in [0.717, 1.165) is 22.7 Å². The smallest absolute Gasteiger partial charge is 0.231 e. The maximum absolute atomic E-state index is 9.21. The van der Waals surface area contributed by atoms with Gasteiger partial charge in [-0.25, -0.2) is 4.98 Å². The van der Waals surface area contributed by atoms with Crippen LogP contribution in [0.5, 0.6) is 11.5 Å². The van der Waals surface area contributed by atoms with Gasteiger partial charge in [-0.15, -0.1) is 0 Å². The molecule has 0 saturated heterocycles. The van der Waals surface area contributed by atoms with Gasteiger partial charge < -0.3 is 25.2 Å². The number of hydrogen-bond donors (Lipinski definition) is 3. The van der Waals surface area contributed by atoms with Crippen LogP contribution < -0.4 is 20.1 Å². The normalized spacial score (nSPS) is 12.3. The zero-order valence-electron chi connectivity index (χ0n) is 16.1. The fourth-order valence-electron chi connectivity index (χ4n) is 3.29. The summed E-state index contributed by atoms with van der Waals surface area (Å²) in [5.41, 5.74) is 3.28. The summed E-state index contributed by atoms with van der Waals surface area (Å²) in [6, 6.07) is 15.7. The number of benzene rings is 2. The van der Waals surface area contributed by atoms with Gasteiger partial charge in [0, 0.05) is 18.8 Å². The molecule has 0 amide bonds. The molecule has 9 heteroatoms. The van der Waals surface area contributed by atoms with Crippen molar-refractivity contribution in [2.75, 3.05) is 30.6 Å². The lowest BCUT2D eigenvalue weighted by atomic mass is 10.2. The quantitative estimate of drug-likeness (QED) is 0.432. The number of aliphatic hydroxyl groups is 1. The SMILES string of the molecule is OCCNc1nc(NCc2ccc3c(c2)OCO3)nc2c1ncn2-c1ccccc1. The molecule has 9 nitrogen and oxygen atoms in total. The summed E-state index contributed by atoms with van der Waals surface area (Å²) in [7, 11) is 0. The van der Waals surface area contributed by atoms with Crippen LogP contribution in [-0.4, -0.2) is 44.6 Å².